The lowest BCUT2D eigenvalue weighted by atomic mass is 10.2. The molecule has 1 N–H and O–H groups in total. The summed E-state index contributed by atoms with van der Waals surface area (Å²) in [5.74, 6) is -1.53. The van der Waals surface area contributed by atoms with E-state index >= 15 is 0 Å². The van der Waals surface area contributed by atoms with Crippen LogP contribution in [-0.2, 0) is 24.2 Å². The Balaban J connectivity index is 1.82. The second-order valence-corrected chi connectivity index (χ2v) is 8.13. The SMILES string of the molecule is C[C@@H](OC(=O)[C@@H](C)Oc1ccc(F)cc1)C(=O)N[C@@H]1CCS(=O)(=O)C1. The molecule has 0 spiro atoms. The van der Waals surface area contributed by atoms with Gasteiger partial charge in [-0.15, -0.1) is 0 Å². The maximum atomic E-state index is 12.8. The Bertz CT molecular complexity index is 733. The summed E-state index contributed by atoms with van der Waals surface area (Å²) in [5, 5.41) is 2.56. The average Bonchev–Trinajstić information content (AvgIpc) is 2.88. The fourth-order valence-electron chi connectivity index (χ4n) is 2.32. The van der Waals surface area contributed by atoms with Gasteiger partial charge in [0.05, 0.1) is 11.5 Å². The number of amides is 1. The minimum absolute atomic E-state index is 0.0364. The summed E-state index contributed by atoms with van der Waals surface area (Å²) < 4.78 is 45.9. The fourth-order valence-corrected chi connectivity index (χ4v) is 3.99. The zero-order valence-electron chi connectivity index (χ0n) is 13.9. The van der Waals surface area contributed by atoms with Crippen LogP contribution < -0.4 is 10.1 Å². The number of halogens is 1. The van der Waals surface area contributed by atoms with E-state index in [9.17, 15) is 22.4 Å². The molecule has 1 aromatic carbocycles. The highest BCUT2D eigenvalue weighted by atomic mass is 32.2. The van der Waals surface area contributed by atoms with Crippen molar-refractivity contribution >= 4 is 21.7 Å². The van der Waals surface area contributed by atoms with Gasteiger partial charge in [0, 0.05) is 6.04 Å². The van der Waals surface area contributed by atoms with E-state index in [1.54, 1.807) is 0 Å². The van der Waals surface area contributed by atoms with Crippen LogP contribution >= 0.6 is 0 Å². The normalized spacial score (nSPS) is 21.2. The average molecular weight is 373 g/mol. The van der Waals surface area contributed by atoms with E-state index in [1.807, 2.05) is 0 Å². The van der Waals surface area contributed by atoms with E-state index in [1.165, 1.54) is 38.1 Å². The number of rotatable bonds is 6. The molecule has 25 heavy (non-hydrogen) atoms. The first-order chi connectivity index (χ1) is 11.7. The molecule has 0 aliphatic carbocycles. The highest BCUT2D eigenvalue weighted by Crippen LogP contribution is 2.14. The Hall–Kier alpha value is -2.16. The number of esters is 1. The monoisotopic (exact) mass is 373 g/mol. The van der Waals surface area contributed by atoms with Crippen molar-refractivity contribution < 1.29 is 31.9 Å². The number of carbonyl (C=O) groups excluding carboxylic acids is 2. The van der Waals surface area contributed by atoms with Crippen molar-refractivity contribution in [3.63, 3.8) is 0 Å². The molecule has 1 aliphatic rings. The van der Waals surface area contributed by atoms with Gasteiger partial charge in [0.15, 0.2) is 22.0 Å². The molecule has 9 heteroatoms. The fraction of sp³-hybridized carbons (Fsp3) is 0.500. The lowest BCUT2D eigenvalue weighted by Crippen LogP contribution is -2.43. The van der Waals surface area contributed by atoms with Gasteiger partial charge < -0.3 is 14.8 Å². The molecule has 1 aliphatic heterocycles. The second-order valence-electron chi connectivity index (χ2n) is 5.90. The van der Waals surface area contributed by atoms with Gasteiger partial charge >= 0.3 is 5.97 Å². The van der Waals surface area contributed by atoms with Crippen molar-refractivity contribution in [2.75, 3.05) is 11.5 Å². The van der Waals surface area contributed by atoms with Crippen molar-refractivity contribution in [1.82, 2.24) is 5.32 Å². The van der Waals surface area contributed by atoms with Gasteiger partial charge in [0.25, 0.3) is 5.91 Å². The van der Waals surface area contributed by atoms with Gasteiger partial charge in [-0.3, -0.25) is 4.79 Å². The maximum absolute atomic E-state index is 12.8. The molecule has 0 unspecified atom stereocenters. The molecule has 0 aromatic heterocycles. The number of nitrogens with one attached hydrogen (secondary N) is 1. The Labute approximate surface area is 145 Å². The lowest BCUT2D eigenvalue weighted by molar-refractivity contribution is -0.161. The summed E-state index contributed by atoms with van der Waals surface area (Å²) in [4.78, 5) is 24.0. The summed E-state index contributed by atoms with van der Waals surface area (Å²) in [5.41, 5.74) is 0. The quantitative estimate of drug-likeness (QED) is 0.742. The van der Waals surface area contributed by atoms with Crippen LogP contribution in [0.1, 0.15) is 20.3 Å². The van der Waals surface area contributed by atoms with Gasteiger partial charge in [0.2, 0.25) is 0 Å². The number of benzene rings is 1. The summed E-state index contributed by atoms with van der Waals surface area (Å²) in [7, 11) is -3.11. The maximum Gasteiger partial charge on any atom is 0.347 e. The standard InChI is InChI=1S/C16H20FNO6S/c1-10(15(19)18-13-7-8-25(21,22)9-13)24-16(20)11(2)23-14-5-3-12(17)4-6-14/h3-6,10-11,13H,7-9H2,1-2H3,(H,18,19)/t10-,11-,13-/m1/s1. The van der Waals surface area contributed by atoms with Gasteiger partial charge in [0.1, 0.15) is 11.6 Å². The molecule has 0 saturated carbocycles. The van der Waals surface area contributed by atoms with E-state index in [4.69, 9.17) is 9.47 Å². The van der Waals surface area contributed by atoms with Crippen LogP contribution in [0.15, 0.2) is 24.3 Å². The largest absolute Gasteiger partial charge is 0.479 e. The predicted molar refractivity (Wildman–Crippen MR) is 87.2 cm³/mol. The zero-order valence-corrected chi connectivity index (χ0v) is 14.7. The van der Waals surface area contributed by atoms with Crippen LogP contribution in [0.5, 0.6) is 5.75 Å². The first kappa shape index (κ1) is 19.2. The van der Waals surface area contributed by atoms with E-state index in [-0.39, 0.29) is 11.5 Å². The first-order valence-electron chi connectivity index (χ1n) is 7.80. The van der Waals surface area contributed by atoms with Crippen molar-refractivity contribution in [2.24, 2.45) is 0 Å². The number of carbonyl (C=O) groups is 2. The Morgan fingerprint density at radius 2 is 1.84 bits per heavy atom. The molecule has 1 aromatic rings. The third-order valence-electron chi connectivity index (χ3n) is 3.70. The number of hydrogen-bond acceptors (Lipinski definition) is 6. The molecule has 0 bridgehead atoms. The summed E-state index contributed by atoms with van der Waals surface area (Å²) in [6, 6.07) is 4.66. The molecule has 1 fully saturated rings. The van der Waals surface area contributed by atoms with Crippen LogP contribution in [0.25, 0.3) is 0 Å². The third kappa shape index (κ3) is 5.70. The highest BCUT2D eigenvalue weighted by molar-refractivity contribution is 7.91. The third-order valence-corrected chi connectivity index (χ3v) is 5.47. The van der Waals surface area contributed by atoms with E-state index in [0.29, 0.717) is 12.2 Å². The van der Waals surface area contributed by atoms with E-state index in [2.05, 4.69) is 5.32 Å². The molecular formula is C16H20FNO6S. The molecule has 7 nitrogen and oxygen atoms in total. The topological polar surface area (TPSA) is 98.8 Å². The minimum atomic E-state index is -3.11. The Morgan fingerprint density at radius 3 is 2.40 bits per heavy atom. The second kappa shape index (κ2) is 7.81. The zero-order chi connectivity index (χ0) is 18.6. The highest BCUT2D eigenvalue weighted by Gasteiger charge is 2.31. The smallest absolute Gasteiger partial charge is 0.347 e. The van der Waals surface area contributed by atoms with Crippen LogP contribution in [0.2, 0.25) is 0 Å². The minimum Gasteiger partial charge on any atom is -0.479 e. The van der Waals surface area contributed by atoms with Crippen LogP contribution in [0, 0.1) is 5.82 Å². The van der Waals surface area contributed by atoms with Crippen molar-refractivity contribution in [1.29, 1.82) is 0 Å². The molecule has 1 heterocycles. The Kier molecular flexibility index (Phi) is 5.99. The van der Waals surface area contributed by atoms with Gasteiger partial charge in [-0.05, 0) is 44.5 Å². The number of sulfone groups is 1. The van der Waals surface area contributed by atoms with Crippen LogP contribution in [-0.4, -0.2) is 50.0 Å². The number of hydrogen-bond donors (Lipinski definition) is 1. The molecule has 1 saturated heterocycles. The molecule has 138 valence electrons. The predicted octanol–water partition coefficient (Wildman–Crippen LogP) is 0.828. The summed E-state index contributed by atoms with van der Waals surface area (Å²) >= 11 is 0. The molecular weight excluding hydrogens is 353 g/mol. The van der Waals surface area contributed by atoms with Gasteiger partial charge in [-0.2, -0.15) is 0 Å². The molecule has 0 radical (unpaired) electrons. The van der Waals surface area contributed by atoms with Gasteiger partial charge in [-0.1, -0.05) is 0 Å². The van der Waals surface area contributed by atoms with E-state index < -0.39 is 45.8 Å². The molecule has 2 rings (SSSR count). The molecule has 1 amide bonds. The Morgan fingerprint density at radius 1 is 1.20 bits per heavy atom. The van der Waals surface area contributed by atoms with Crippen LogP contribution in [0.3, 0.4) is 0 Å². The molecule has 3 atom stereocenters. The van der Waals surface area contributed by atoms with Crippen LogP contribution in [0.4, 0.5) is 4.39 Å². The van der Waals surface area contributed by atoms with Crippen molar-refractivity contribution in [3.05, 3.63) is 30.1 Å². The van der Waals surface area contributed by atoms with Crippen molar-refractivity contribution in [2.45, 2.75) is 38.5 Å². The van der Waals surface area contributed by atoms with E-state index in [0.717, 1.165) is 0 Å². The summed E-state index contributed by atoms with van der Waals surface area (Å²) in [6.45, 7) is 2.83. The van der Waals surface area contributed by atoms with Gasteiger partial charge in [-0.25, -0.2) is 17.6 Å². The van der Waals surface area contributed by atoms with Crippen molar-refractivity contribution in [3.8, 4) is 5.75 Å². The first-order valence-corrected chi connectivity index (χ1v) is 9.62. The number of ether oxygens (including phenoxy) is 2. The lowest BCUT2D eigenvalue weighted by Gasteiger charge is -2.19. The summed E-state index contributed by atoms with van der Waals surface area (Å²) in [6.07, 6.45) is -1.73.